The van der Waals surface area contributed by atoms with Crippen molar-refractivity contribution in [2.75, 3.05) is 0 Å². The number of hydrogen-bond donors (Lipinski definition) is 0. The van der Waals surface area contributed by atoms with Crippen LogP contribution in [-0.4, -0.2) is 25.1 Å². The van der Waals surface area contributed by atoms with Crippen LogP contribution >= 0.6 is 15.9 Å². The molecule has 20 heavy (non-hydrogen) atoms. The molecule has 3 rings (SSSR count). The van der Waals surface area contributed by atoms with E-state index >= 15 is 0 Å². The molecule has 0 aliphatic rings. The van der Waals surface area contributed by atoms with Crippen molar-refractivity contribution in [2.45, 2.75) is 24.7 Å². The van der Waals surface area contributed by atoms with Gasteiger partial charge >= 0.3 is 0 Å². The minimum absolute atomic E-state index is 0.206. The fourth-order valence-electron chi connectivity index (χ4n) is 1.71. The Morgan fingerprint density at radius 2 is 2.35 bits per heavy atom. The largest absolute Gasteiger partial charge is 0.461 e. The Labute approximate surface area is 123 Å². The predicted octanol–water partition coefficient (Wildman–Crippen LogP) is 2.82. The minimum Gasteiger partial charge on any atom is -0.461 e. The third kappa shape index (κ3) is 2.64. The molecule has 0 aliphatic heterocycles. The molecule has 0 aromatic carbocycles. The lowest BCUT2D eigenvalue weighted by molar-refractivity contribution is 0.363. The Balaban J connectivity index is 1.73. The summed E-state index contributed by atoms with van der Waals surface area (Å²) in [5, 5.41) is 12.0. The normalized spacial score (nSPS) is 12.7. The lowest BCUT2D eigenvalue weighted by atomic mass is 10.3. The number of halogens is 1. The van der Waals surface area contributed by atoms with Gasteiger partial charge in [-0.05, 0) is 18.6 Å². The summed E-state index contributed by atoms with van der Waals surface area (Å²) in [6.45, 7) is 2.45. The minimum atomic E-state index is 0.206. The molecule has 0 N–H and O–H groups in total. The van der Waals surface area contributed by atoms with Gasteiger partial charge in [-0.2, -0.15) is 4.98 Å². The Morgan fingerprint density at radius 1 is 1.45 bits per heavy atom. The molecule has 3 aromatic rings. The lowest BCUT2D eigenvalue weighted by Crippen LogP contribution is -2.00. The van der Waals surface area contributed by atoms with Crippen molar-refractivity contribution in [3.63, 3.8) is 0 Å². The summed E-state index contributed by atoms with van der Waals surface area (Å²) in [5.74, 6) is 1.46. The molecule has 0 fully saturated rings. The molecular formula is C12H12BrN5O2. The van der Waals surface area contributed by atoms with Crippen molar-refractivity contribution in [3.05, 3.63) is 36.2 Å². The number of rotatable bonds is 5. The van der Waals surface area contributed by atoms with Crippen molar-refractivity contribution in [1.82, 2.24) is 25.1 Å². The van der Waals surface area contributed by atoms with Gasteiger partial charge in [0.15, 0.2) is 5.76 Å². The van der Waals surface area contributed by atoms with E-state index in [1.807, 2.05) is 6.20 Å². The van der Waals surface area contributed by atoms with E-state index in [4.69, 9.17) is 8.94 Å². The van der Waals surface area contributed by atoms with Gasteiger partial charge in [-0.3, -0.25) is 0 Å². The summed E-state index contributed by atoms with van der Waals surface area (Å²) < 4.78 is 12.0. The van der Waals surface area contributed by atoms with Gasteiger partial charge in [-0.25, -0.2) is 4.68 Å². The zero-order valence-electron chi connectivity index (χ0n) is 10.7. The molecule has 1 atom stereocenters. The summed E-state index contributed by atoms with van der Waals surface area (Å²) in [4.78, 5) is 4.46. The Morgan fingerprint density at radius 3 is 3.10 bits per heavy atom. The lowest BCUT2D eigenvalue weighted by Gasteiger charge is -1.98. The van der Waals surface area contributed by atoms with E-state index in [9.17, 15) is 0 Å². The highest BCUT2D eigenvalue weighted by atomic mass is 79.9. The van der Waals surface area contributed by atoms with Crippen molar-refractivity contribution < 1.29 is 8.94 Å². The van der Waals surface area contributed by atoms with Gasteiger partial charge in [-0.15, -0.1) is 5.10 Å². The van der Waals surface area contributed by atoms with Crippen molar-refractivity contribution in [2.24, 2.45) is 0 Å². The highest BCUT2D eigenvalue weighted by molar-refractivity contribution is 9.09. The number of alkyl halides is 1. The maximum atomic E-state index is 5.21. The SMILES string of the molecule is CCC(Br)c1cn(Cc2nc(-c3ccco3)no2)nn1. The van der Waals surface area contributed by atoms with Gasteiger partial charge in [-0.1, -0.05) is 33.2 Å². The number of aromatic nitrogens is 5. The maximum absolute atomic E-state index is 5.21. The highest BCUT2D eigenvalue weighted by Gasteiger charge is 2.13. The highest BCUT2D eigenvalue weighted by Crippen LogP contribution is 2.23. The summed E-state index contributed by atoms with van der Waals surface area (Å²) in [6.07, 6.45) is 4.37. The molecule has 1 unspecified atom stereocenters. The molecule has 0 spiro atoms. The topological polar surface area (TPSA) is 82.8 Å². The Kier molecular flexibility index (Phi) is 3.64. The standard InChI is InChI=1S/C12H12BrN5O2/c1-2-8(13)9-6-18(17-15-9)7-11-14-12(16-20-11)10-4-3-5-19-10/h3-6,8H,2,7H2,1H3. The summed E-state index contributed by atoms with van der Waals surface area (Å²) in [5.41, 5.74) is 0.887. The van der Waals surface area contributed by atoms with E-state index in [1.165, 1.54) is 0 Å². The first-order chi connectivity index (χ1) is 9.76. The van der Waals surface area contributed by atoms with Crippen molar-refractivity contribution in [1.29, 1.82) is 0 Å². The first kappa shape index (κ1) is 13.0. The molecule has 0 aliphatic carbocycles. The summed E-state index contributed by atoms with van der Waals surface area (Å²) in [7, 11) is 0. The number of furan rings is 1. The maximum Gasteiger partial charge on any atom is 0.248 e. The van der Waals surface area contributed by atoms with Crippen LogP contribution in [0.1, 0.15) is 29.8 Å². The zero-order chi connectivity index (χ0) is 13.9. The van der Waals surface area contributed by atoms with Crippen molar-refractivity contribution >= 4 is 15.9 Å². The summed E-state index contributed by atoms with van der Waals surface area (Å²) >= 11 is 3.53. The molecule has 104 valence electrons. The van der Waals surface area contributed by atoms with Crippen LogP contribution in [-0.2, 0) is 6.54 Å². The molecule has 8 heteroatoms. The fraction of sp³-hybridized carbons (Fsp3) is 0.333. The first-order valence-electron chi connectivity index (χ1n) is 6.17. The molecular weight excluding hydrogens is 326 g/mol. The van der Waals surface area contributed by atoms with E-state index in [1.54, 1.807) is 23.1 Å². The quantitative estimate of drug-likeness (QED) is 0.665. The third-order valence-electron chi connectivity index (χ3n) is 2.74. The molecule has 0 radical (unpaired) electrons. The first-order valence-corrected chi connectivity index (χ1v) is 7.08. The second kappa shape index (κ2) is 5.58. The predicted molar refractivity (Wildman–Crippen MR) is 73.1 cm³/mol. The molecule has 0 saturated heterocycles. The van der Waals surface area contributed by atoms with Gasteiger partial charge in [0.05, 0.1) is 23.0 Å². The fourth-order valence-corrected chi connectivity index (χ4v) is 1.92. The van der Waals surface area contributed by atoms with Crippen LogP contribution in [0.5, 0.6) is 0 Å². The van der Waals surface area contributed by atoms with Crippen LogP contribution < -0.4 is 0 Å². The molecule has 0 bridgehead atoms. The number of nitrogens with zero attached hydrogens (tertiary/aromatic N) is 5. The van der Waals surface area contributed by atoms with E-state index in [0.29, 0.717) is 24.0 Å². The average Bonchev–Trinajstić information content (AvgIpc) is 3.19. The van der Waals surface area contributed by atoms with E-state index in [0.717, 1.165) is 12.1 Å². The summed E-state index contributed by atoms with van der Waals surface area (Å²) in [6, 6.07) is 3.55. The van der Waals surface area contributed by atoms with Crippen LogP contribution in [0.2, 0.25) is 0 Å². The van der Waals surface area contributed by atoms with Crippen LogP contribution in [0, 0.1) is 0 Å². The van der Waals surface area contributed by atoms with Crippen LogP contribution in [0.15, 0.2) is 33.5 Å². The van der Waals surface area contributed by atoms with Crippen LogP contribution in [0.3, 0.4) is 0 Å². The van der Waals surface area contributed by atoms with Crippen LogP contribution in [0.4, 0.5) is 0 Å². The molecule has 0 saturated carbocycles. The molecule has 3 aromatic heterocycles. The third-order valence-corrected chi connectivity index (χ3v) is 3.86. The number of hydrogen-bond acceptors (Lipinski definition) is 6. The molecule has 3 heterocycles. The Bertz CT molecular complexity index is 676. The van der Waals surface area contributed by atoms with E-state index in [-0.39, 0.29) is 4.83 Å². The van der Waals surface area contributed by atoms with Crippen molar-refractivity contribution in [3.8, 4) is 11.6 Å². The molecule has 0 amide bonds. The van der Waals surface area contributed by atoms with E-state index < -0.39 is 0 Å². The van der Waals surface area contributed by atoms with Gasteiger partial charge < -0.3 is 8.94 Å². The van der Waals surface area contributed by atoms with Gasteiger partial charge in [0.25, 0.3) is 0 Å². The smallest absolute Gasteiger partial charge is 0.248 e. The van der Waals surface area contributed by atoms with Gasteiger partial charge in [0.2, 0.25) is 11.7 Å². The second-order valence-electron chi connectivity index (χ2n) is 4.21. The second-order valence-corrected chi connectivity index (χ2v) is 5.31. The monoisotopic (exact) mass is 337 g/mol. The average molecular weight is 338 g/mol. The van der Waals surface area contributed by atoms with Gasteiger partial charge in [0, 0.05) is 0 Å². The zero-order valence-corrected chi connectivity index (χ0v) is 12.3. The Hall–Kier alpha value is -1.96. The molecule has 7 nitrogen and oxygen atoms in total. The van der Waals surface area contributed by atoms with Crippen LogP contribution in [0.25, 0.3) is 11.6 Å². The van der Waals surface area contributed by atoms with Gasteiger partial charge in [0.1, 0.15) is 6.54 Å². The van der Waals surface area contributed by atoms with E-state index in [2.05, 4.69) is 43.3 Å².